The van der Waals surface area contributed by atoms with E-state index in [1.807, 2.05) is 0 Å². The lowest BCUT2D eigenvalue weighted by molar-refractivity contribution is 0.0588. The first-order valence-corrected chi connectivity index (χ1v) is 5.36. The number of hydrogen-bond acceptors (Lipinski definition) is 5. The van der Waals surface area contributed by atoms with E-state index in [4.69, 9.17) is 4.74 Å². The first kappa shape index (κ1) is 11.1. The van der Waals surface area contributed by atoms with Gasteiger partial charge < -0.3 is 9.47 Å². The summed E-state index contributed by atoms with van der Waals surface area (Å²) in [4.78, 5) is 11.2. The van der Waals surface area contributed by atoms with E-state index < -0.39 is 5.97 Å². The van der Waals surface area contributed by atoms with Crippen LogP contribution in [0.15, 0.2) is 6.20 Å². The van der Waals surface area contributed by atoms with Crippen molar-refractivity contribution in [1.82, 2.24) is 15.0 Å². The van der Waals surface area contributed by atoms with E-state index in [0.717, 1.165) is 32.6 Å². The smallest absolute Gasteiger partial charge is 0.360 e. The fraction of sp³-hybridized carbons (Fsp3) is 0.700. The van der Waals surface area contributed by atoms with Crippen LogP contribution in [0.25, 0.3) is 0 Å². The molecule has 1 saturated heterocycles. The Morgan fingerprint density at radius 1 is 1.62 bits per heavy atom. The number of nitrogens with zero attached hydrogens (tertiary/aromatic N) is 3. The lowest BCUT2D eigenvalue weighted by Crippen LogP contribution is -2.20. The van der Waals surface area contributed by atoms with Gasteiger partial charge in [-0.25, -0.2) is 4.79 Å². The van der Waals surface area contributed by atoms with Gasteiger partial charge in [0, 0.05) is 19.8 Å². The highest BCUT2D eigenvalue weighted by molar-refractivity contribution is 5.86. The molecule has 1 aromatic rings. The second-order valence-electron chi connectivity index (χ2n) is 3.87. The Kier molecular flexibility index (Phi) is 3.51. The number of esters is 1. The Balaban J connectivity index is 1.94. The zero-order valence-electron chi connectivity index (χ0n) is 9.26. The van der Waals surface area contributed by atoms with Crippen LogP contribution in [0.5, 0.6) is 0 Å². The van der Waals surface area contributed by atoms with Gasteiger partial charge >= 0.3 is 5.97 Å². The van der Waals surface area contributed by atoms with Gasteiger partial charge in [0.2, 0.25) is 0 Å². The van der Waals surface area contributed by atoms with Crippen molar-refractivity contribution in [2.45, 2.75) is 19.4 Å². The quantitative estimate of drug-likeness (QED) is 0.700. The highest BCUT2D eigenvalue weighted by Gasteiger charge is 2.16. The van der Waals surface area contributed by atoms with E-state index >= 15 is 0 Å². The van der Waals surface area contributed by atoms with Crippen LogP contribution in [0, 0.1) is 5.92 Å². The number of ether oxygens (including phenoxy) is 2. The summed E-state index contributed by atoms with van der Waals surface area (Å²) < 4.78 is 11.5. The minimum Gasteiger partial charge on any atom is -0.464 e. The van der Waals surface area contributed by atoms with Crippen molar-refractivity contribution in [2.75, 3.05) is 20.3 Å². The van der Waals surface area contributed by atoms with Crippen LogP contribution >= 0.6 is 0 Å². The minimum absolute atomic E-state index is 0.259. The molecule has 16 heavy (non-hydrogen) atoms. The molecule has 88 valence electrons. The zero-order chi connectivity index (χ0) is 11.4. The van der Waals surface area contributed by atoms with Crippen LogP contribution in [0.2, 0.25) is 0 Å². The zero-order valence-corrected chi connectivity index (χ0v) is 9.26. The van der Waals surface area contributed by atoms with Gasteiger partial charge in [-0.3, -0.25) is 4.68 Å². The molecular weight excluding hydrogens is 210 g/mol. The van der Waals surface area contributed by atoms with Crippen LogP contribution in [-0.2, 0) is 16.0 Å². The SMILES string of the molecule is COC(=O)c1cn(CC2CCOCC2)nn1. The monoisotopic (exact) mass is 225 g/mol. The summed E-state index contributed by atoms with van der Waals surface area (Å²) in [6.45, 7) is 2.40. The van der Waals surface area contributed by atoms with Gasteiger partial charge in [0.1, 0.15) is 0 Å². The van der Waals surface area contributed by atoms with Crippen LogP contribution in [-0.4, -0.2) is 41.3 Å². The molecule has 0 aliphatic carbocycles. The minimum atomic E-state index is -0.446. The second kappa shape index (κ2) is 5.07. The molecule has 0 aromatic carbocycles. The maximum Gasteiger partial charge on any atom is 0.360 e. The average molecular weight is 225 g/mol. The molecule has 0 amide bonds. The molecule has 1 aliphatic rings. The summed E-state index contributed by atoms with van der Waals surface area (Å²) in [5, 5.41) is 7.66. The predicted molar refractivity (Wildman–Crippen MR) is 54.9 cm³/mol. The first-order chi connectivity index (χ1) is 7.79. The standard InChI is InChI=1S/C10H15N3O3/c1-15-10(14)9-7-13(12-11-9)6-8-2-4-16-5-3-8/h7-8H,2-6H2,1H3. The summed E-state index contributed by atoms with van der Waals surface area (Å²) >= 11 is 0. The van der Waals surface area contributed by atoms with Crippen molar-refractivity contribution in [1.29, 1.82) is 0 Å². The summed E-state index contributed by atoms with van der Waals surface area (Å²) in [5.41, 5.74) is 0.259. The van der Waals surface area contributed by atoms with Crippen molar-refractivity contribution in [3.05, 3.63) is 11.9 Å². The molecule has 6 heteroatoms. The Morgan fingerprint density at radius 2 is 2.38 bits per heavy atom. The largest absolute Gasteiger partial charge is 0.464 e. The van der Waals surface area contributed by atoms with Gasteiger partial charge in [-0.1, -0.05) is 5.21 Å². The number of methoxy groups -OCH3 is 1. The topological polar surface area (TPSA) is 66.2 Å². The highest BCUT2D eigenvalue weighted by Crippen LogP contribution is 2.16. The fourth-order valence-corrected chi connectivity index (χ4v) is 1.78. The van der Waals surface area contributed by atoms with Crippen LogP contribution in [0.1, 0.15) is 23.3 Å². The van der Waals surface area contributed by atoms with E-state index in [0.29, 0.717) is 5.92 Å². The van der Waals surface area contributed by atoms with E-state index in [2.05, 4.69) is 15.0 Å². The maximum absolute atomic E-state index is 11.2. The molecule has 2 heterocycles. The Bertz CT molecular complexity index is 358. The summed E-state index contributed by atoms with van der Waals surface area (Å²) in [6.07, 6.45) is 3.70. The molecule has 6 nitrogen and oxygen atoms in total. The fourth-order valence-electron chi connectivity index (χ4n) is 1.78. The number of carbonyl (C=O) groups excluding carboxylic acids is 1. The summed E-state index contributed by atoms with van der Waals surface area (Å²) in [6, 6.07) is 0. The Morgan fingerprint density at radius 3 is 3.06 bits per heavy atom. The summed E-state index contributed by atoms with van der Waals surface area (Å²) in [7, 11) is 1.33. The molecule has 1 aliphatic heterocycles. The first-order valence-electron chi connectivity index (χ1n) is 5.36. The number of rotatable bonds is 3. The van der Waals surface area contributed by atoms with Crippen molar-refractivity contribution in [2.24, 2.45) is 5.92 Å². The molecular formula is C10H15N3O3. The van der Waals surface area contributed by atoms with Crippen molar-refractivity contribution in [3.63, 3.8) is 0 Å². The van der Waals surface area contributed by atoms with Gasteiger partial charge in [-0.05, 0) is 18.8 Å². The Hall–Kier alpha value is -1.43. The molecule has 0 unspecified atom stereocenters. The van der Waals surface area contributed by atoms with E-state index in [1.54, 1.807) is 10.9 Å². The van der Waals surface area contributed by atoms with Crippen LogP contribution in [0.4, 0.5) is 0 Å². The molecule has 1 fully saturated rings. The number of carbonyl (C=O) groups is 1. The second-order valence-corrected chi connectivity index (χ2v) is 3.87. The van der Waals surface area contributed by atoms with Crippen LogP contribution in [0.3, 0.4) is 0 Å². The predicted octanol–water partition coefficient (Wildman–Crippen LogP) is 0.491. The van der Waals surface area contributed by atoms with E-state index in [-0.39, 0.29) is 5.69 Å². The van der Waals surface area contributed by atoms with Crippen molar-refractivity contribution < 1.29 is 14.3 Å². The van der Waals surface area contributed by atoms with Gasteiger partial charge in [0.25, 0.3) is 0 Å². The van der Waals surface area contributed by atoms with Gasteiger partial charge in [0.05, 0.1) is 13.3 Å². The van der Waals surface area contributed by atoms with E-state index in [9.17, 15) is 4.79 Å². The molecule has 0 spiro atoms. The third kappa shape index (κ3) is 2.57. The molecule has 0 radical (unpaired) electrons. The van der Waals surface area contributed by atoms with Crippen LogP contribution < -0.4 is 0 Å². The molecule has 0 saturated carbocycles. The molecule has 0 atom stereocenters. The lowest BCUT2D eigenvalue weighted by atomic mass is 10.0. The van der Waals surface area contributed by atoms with E-state index in [1.165, 1.54) is 7.11 Å². The third-order valence-electron chi connectivity index (χ3n) is 2.72. The molecule has 1 aromatic heterocycles. The molecule has 0 bridgehead atoms. The normalized spacial score (nSPS) is 17.3. The van der Waals surface area contributed by atoms with Gasteiger partial charge in [0.15, 0.2) is 5.69 Å². The molecule has 2 rings (SSSR count). The van der Waals surface area contributed by atoms with Crippen molar-refractivity contribution >= 4 is 5.97 Å². The lowest BCUT2D eigenvalue weighted by Gasteiger charge is -2.21. The van der Waals surface area contributed by atoms with Crippen molar-refractivity contribution in [3.8, 4) is 0 Å². The highest BCUT2D eigenvalue weighted by atomic mass is 16.5. The van der Waals surface area contributed by atoms with Gasteiger partial charge in [-0.15, -0.1) is 5.10 Å². The number of hydrogen-bond donors (Lipinski definition) is 0. The average Bonchev–Trinajstić information content (AvgIpc) is 2.78. The third-order valence-corrected chi connectivity index (χ3v) is 2.72. The number of aromatic nitrogens is 3. The Labute approximate surface area is 93.5 Å². The van der Waals surface area contributed by atoms with Gasteiger partial charge in [-0.2, -0.15) is 0 Å². The molecule has 0 N–H and O–H groups in total. The summed E-state index contributed by atoms with van der Waals surface area (Å²) in [5.74, 6) is 0.110. The maximum atomic E-state index is 11.2.